The molecule has 3 aromatic rings. The zero-order valence-corrected chi connectivity index (χ0v) is 15.2. The van der Waals surface area contributed by atoms with Crippen molar-refractivity contribution in [2.45, 2.75) is 26.4 Å². The number of nitrogens with one attached hydrogen (secondary N) is 1. The van der Waals surface area contributed by atoms with Gasteiger partial charge in [0.25, 0.3) is 5.56 Å². The van der Waals surface area contributed by atoms with E-state index in [0.717, 1.165) is 15.7 Å². The molecule has 1 unspecified atom stereocenters. The second kappa shape index (κ2) is 6.62. The molecule has 0 radical (unpaired) electrons. The number of hydrogen-bond acceptors (Lipinski definition) is 4. The molecule has 26 heavy (non-hydrogen) atoms. The summed E-state index contributed by atoms with van der Waals surface area (Å²) in [5.41, 5.74) is 1.54. The van der Waals surface area contributed by atoms with E-state index in [2.05, 4.69) is 10.3 Å². The van der Waals surface area contributed by atoms with Gasteiger partial charge in [0.2, 0.25) is 5.91 Å². The maximum Gasteiger partial charge on any atom is 0.332 e. The summed E-state index contributed by atoms with van der Waals surface area (Å²) in [6, 6.07) is 7.51. The van der Waals surface area contributed by atoms with Gasteiger partial charge in [-0.15, -0.1) is 0 Å². The third-order valence-corrected chi connectivity index (χ3v) is 4.54. The topological polar surface area (TPSA) is 90.9 Å². The number of aromatic nitrogens is 4. The fourth-order valence-electron chi connectivity index (χ4n) is 3.12. The lowest BCUT2D eigenvalue weighted by molar-refractivity contribution is -0.122. The highest BCUT2D eigenvalue weighted by Crippen LogP contribution is 2.16. The van der Waals surface area contributed by atoms with Crippen molar-refractivity contribution in [3.63, 3.8) is 0 Å². The third kappa shape index (κ3) is 2.94. The minimum absolute atomic E-state index is 0.233. The molecule has 1 N–H and O–H groups in total. The standard InChI is InChI=1S/C18H21N5O3/c1-11-7-5-6-8-13(11)12(2)20-14(24)9-23-17(25)15-16(19-10-21(15)3)22(4)18(23)26/h5-8,10,12H,9H2,1-4H3,(H,20,24). The minimum atomic E-state index is -0.570. The first-order valence-electron chi connectivity index (χ1n) is 8.27. The first-order valence-corrected chi connectivity index (χ1v) is 8.27. The van der Waals surface area contributed by atoms with Gasteiger partial charge >= 0.3 is 5.69 Å². The average Bonchev–Trinajstić information content (AvgIpc) is 2.99. The molecule has 3 rings (SSSR count). The third-order valence-electron chi connectivity index (χ3n) is 4.54. The monoisotopic (exact) mass is 355 g/mol. The summed E-state index contributed by atoms with van der Waals surface area (Å²) < 4.78 is 3.75. The number of fused-ring (bicyclic) bond motifs is 1. The molecular formula is C18H21N5O3. The van der Waals surface area contributed by atoms with Crippen LogP contribution in [0.5, 0.6) is 0 Å². The van der Waals surface area contributed by atoms with Gasteiger partial charge in [0.15, 0.2) is 11.2 Å². The molecule has 0 aliphatic heterocycles. The van der Waals surface area contributed by atoms with Gasteiger partial charge in [-0.05, 0) is 25.0 Å². The first kappa shape index (κ1) is 17.7. The van der Waals surface area contributed by atoms with E-state index in [1.165, 1.54) is 17.9 Å². The summed E-state index contributed by atoms with van der Waals surface area (Å²) in [4.78, 5) is 41.6. The molecule has 0 spiro atoms. The van der Waals surface area contributed by atoms with E-state index in [1.807, 2.05) is 38.1 Å². The Bertz CT molecular complexity index is 1110. The number of nitrogens with zero attached hydrogens (tertiary/aromatic N) is 4. The Labute approximate surface area is 149 Å². The molecule has 1 atom stereocenters. The summed E-state index contributed by atoms with van der Waals surface area (Å²) in [7, 11) is 3.20. The summed E-state index contributed by atoms with van der Waals surface area (Å²) >= 11 is 0. The number of hydrogen-bond donors (Lipinski definition) is 1. The van der Waals surface area contributed by atoms with E-state index in [0.29, 0.717) is 5.65 Å². The molecule has 1 aromatic carbocycles. The Morgan fingerprint density at radius 2 is 1.92 bits per heavy atom. The van der Waals surface area contributed by atoms with Crippen LogP contribution >= 0.6 is 0 Å². The lowest BCUT2D eigenvalue weighted by atomic mass is 10.0. The molecule has 8 nitrogen and oxygen atoms in total. The molecule has 0 fully saturated rings. The lowest BCUT2D eigenvalue weighted by Gasteiger charge is -2.17. The Hall–Kier alpha value is -3.16. The van der Waals surface area contributed by atoms with Crippen molar-refractivity contribution < 1.29 is 4.79 Å². The number of carbonyl (C=O) groups is 1. The molecule has 136 valence electrons. The van der Waals surface area contributed by atoms with Crippen molar-refractivity contribution in [3.05, 3.63) is 62.6 Å². The number of carbonyl (C=O) groups excluding carboxylic acids is 1. The maximum atomic E-state index is 12.6. The van der Waals surface area contributed by atoms with Gasteiger partial charge < -0.3 is 9.88 Å². The quantitative estimate of drug-likeness (QED) is 0.743. The van der Waals surface area contributed by atoms with Crippen LogP contribution in [0.3, 0.4) is 0 Å². The van der Waals surface area contributed by atoms with Crippen LogP contribution in [0.15, 0.2) is 40.2 Å². The molecule has 2 aromatic heterocycles. The molecule has 0 bridgehead atoms. The van der Waals surface area contributed by atoms with E-state index in [9.17, 15) is 14.4 Å². The van der Waals surface area contributed by atoms with Crippen LogP contribution in [-0.2, 0) is 25.4 Å². The van der Waals surface area contributed by atoms with Gasteiger partial charge in [-0.25, -0.2) is 14.3 Å². The van der Waals surface area contributed by atoms with Gasteiger partial charge in [-0.3, -0.25) is 14.2 Å². The van der Waals surface area contributed by atoms with Crippen molar-refractivity contribution >= 4 is 17.1 Å². The van der Waals surface area contributed by atoms with Crippen LogP contribution in [0.25, 0.3) is 11.2 Å². The lowest BCUT2D eigenvalue weighted by Crippen LogP contribution is -2.44. The van der Waals surface area contributed by atoms with Gasteiger partial charge in [-0.2, -0.15) is 0 Å². The van der Waals surface area contributed by atoms with Crippen molar-refractivity contribution in [1.82, 2.24) is 24.0 Å². The number of imidazole rings is 1. The molecule has 0 saturated carbocycles. The Balaban J connectivity index is 1.91. The van der Waals surface area contributed by atoms with Crippen LogP contribution in [0.2, 0.25) is 0 Å². The van der Waals surface area contributed by atoms with E-state index in [1.54, 1.807) is 11.6 Å². The second-order valence-electron chi connectivity index (χ2n) is 6.41. The Morgan fingerprint density at radius 1 is 1.23 bits per heavy atom. The number of amides is 1. The fraction of sp³-hybridized carbons (Fsp3) is 0.333. The SMILES string of the molecule is Cc1ccccc1C(C)NC(=O)Cn1c(=O)c2c(ncn2C)n(C)c1=O. The highest BCUT2D eigenvalue weighted by molar-refractivity contribution is 5.77. The van der Waals surface area contributed by atoms with Crippen LogP contribution in [0.4, 0.5) is 0 Å². The fourth-order valence-corrected chi connectivity index (χ4v) is 3.12. The summed E-state index contributed by atoms with van der Waals surface area (Å²) in [6.45, 7) is 3.49. The zero-order valence-electron chi connectivity index (χ0n) is 15.2. The Morgan fingerprint density at radius 3 is 2.62 bits per heavy atom. The van der Waals surface area contributed by atoms with Crippen LogP contribution in [0.1, 0.15) is 24.1 Å². The minimum Gasteiger partial charge on any atom is -0.348 e. The largest absolute Gasteiger partial charge is 0.348 e. The van der Waals surface area contributed by atoms with Crippen molar-refractivity contribution in [1.29, 1.82) is 0 Å². The smallest absolute Gasteiger partial charge is 0.332 e. The maximum absolute atomic E-state index is 12.6. The second-order valence-corrected chi connectivity index (χ2v) is 6.41. The van der Waals surface area contributed by atoms with E-state index in [4.69, 9.17) is 0 Å². The Kier molecular flexibility index (Phi) is 4.50. The first-order chi connectivity index (χ1) is 12.3. The van der Waals surface area contributed by atoms with Crippen LogP contribution in [0, 0.1) is 6.92 Å². The van der Waals surface area contributed by atoms with Gasteiger partial charge in [0.05, 0.1) is 12.4 Å². The summed E-state index contributed by atoms with van der Waals surface area (Å²) in [6.07, 6.45) is 1.47. The molecule has 2 heterocycles. The van der Waals surface area contributed by atoms with Crippen LogP contribution < -0.4 is 16.6 Å². The molecule has 1 amide bonds. The van der Waals surface area contributed by atoms with Crippen molar-refractivity contribution in [2.24, 2.45) is 14.1 Å². The van der Waals surface area contributed by atoms with Gasteiger partial charge in [-0.1, -0.05) is 24.3 Å². The molecule has 8 heteroatoms. The van der Waals surface area contributed by atoms with Crippen molar-refractivity contribution in [3.8, 4) is 0 Å². The molecule has 0 saturated heterocycles. The molecule has 0 aliphatic carbocycles. The van der Waals surface area contributed by atoms with E-state index < -0.39 is 17.2 Å². The van der Waals surface area contributed by atoms with Gasteiger partial charge in [0, 0.05) is 14.1 Å². The van der Waals surface area contributed by atoms with Gasteiger partial charge in [0.1, 0.15) is 6.54 Å². The molecular weight excluding hydrogens is 334 g/mol. The highest BCUT2D eigenvalue weighted by Gasteiger charge is 2.18. The number of rotatable bonds is 4. The summed E-state index contributed by atoms with van der Waals surface area (Å²) in [5.74, 6) is -0.401. The van der Waals surface area contributed by atoms with Crippen molar-refractivity contribution in [2.75, 3.05) is 0 Å². The number of benzene rings is 1. The van der Waals surface area contributed by atoms with Crippen LogP contribution in [-0.4, -0.2) is 24.6 Å². The highest BCUT2D eigenvalue weighted by atomic mass is 16.2. The van der Waals surface area contributed by atoms with E-state index in [-0.39, 0.29) is 18.1 Å². The predicted molar refractivity (Wildman–Crippen MR) is 98.0 cm³/mol. The average molecular weight is 355 g/mol. The molecule has 0 aliphatic rings. The van der Waals surface area contributed by atoms with E-state index >= 15 is 0 Å². The number of aryl methyl sites for hydroxylation is 3. The zero-order chi connectivity index (χ0) is 19.0. The summed E-state index contributed by atoms with van der Waals surface area (Å²) in [5, 5.41) is 2.85. The normalized spacial score (nSPS) is 12.3. The predicted octanol–water partition coefficient (Wildman–Crippen LogP) is 0.620.